The van der Waals surface area contributed by atoms with Gasteiger partial charge in [0.1, 0.15) is 17.2 Å². The van der Waals surface area contributed by atoms with E-state index in [1.165, 1.54) is 5.56 Å². The monoisotopic (exact) mass is 440 g/mol. The molecule has 0 heterocycles. The smallest absolute Gasteiger partial charge is 0.178 e. The first-order valence-electron chi connectivity index (χ1n) is 10.6. The molecule has 0 fully saturated rings. The van der Waals surface area contributed by atoms with Gasteiger partial charge in [-0.05, 0) is 60.0 Å². The second-order valence-corrected chi connectivity index (χ2v) is 7.42. The number of ketones is 1. The second kappa shape index (κ2) is 11.5. The van der Waals surface area contributed by atoms with Gasteiger partial charge in [0.2, 0.25) is 0 Å². The molecule has 4 heteroatoms. The molecule has 3 rings (SSSR count). The van der Waals surface area contributed by atoms with Gasteiger partial charge in [-0.25, -0.2) is 0 Å². The van der Waals surface area contributed by atoms with Crippen LogP contribution in [-0.4, -0.2) is 27.1 Å². The van der Waals surface area contributed by atoms with E-state index in [1.54, 1.807) is 45.6 Å². The summed E-state index contributed by atoms with van der Waals surface area (Å²) in [4.78, 5) is 12.5. The van der Waals surface area contributed by atoms with E-state index in [4.69, 9.17) is 14.2 Å². The molecular formula is C29H28O4. The van der Waals surface area contributed by atoms with Crippen molar-refractivity contribution in [3.05, 3.63) is 101 Å². The SMILES string of the molecule is COc1ccc(/C=C/c2cc(OC)cc(OC)c2/C=C/C(=O)/C=C/c2ccc(C)cc2)cc1. The fraction of sp³-hybridized carbons (Fsp3) is 0.138. The van der Waals surface area contributed by atoms with Gasteiger partial charge < -0.3 is 14.2 Å². The van der Waals surface area contributed by atoms with Crippen molar-refractivity contribution in [1.29, 1.82) is 0 Å². The minimum absolute atomic E-state index is 0.112. The molecule has 0 N–H and O–H groups in total. The van der Waals surface area contributed by atoms with Crippen LogP contribution in [0, 0.1) is 6.92 Å². The van der Waals surface area contributed by atoms with Gasteiger partial charge in [0.05, 0.1) is 21.3 Å². The number of carbonyl (C=O) groups is 1. The van der Waals surface area contributed by atoms with Crippen molar-refractivity contribution in [2.75, 3.05) is 21.3 Å². The summed E-state index contributed by atoms with van der Waals surface area (Å²) in [5, 5.41) is 0. The Morgan fingerprint density at radius 1 is 0.667 bits per heavy atom. The van der Waals surface area contributed by atoms with Crippen LogP contribution in [0.3, 0.4) is 0 Å². The lowest BCUT2D eigenvalue weighted by molar-refractivity contribution is -0.110. The summed E-state index contributed by atoms with van der Waals surface area (Å²) in [6.07, 6.45) is 10.6. The van der Waals surface area contributed by atoms with Crippen LogP contribution in [0.4, 0.5) is 0 Å². The zero-order valence-electron chi connectivity index (χ0n) is 19.4. The summed E-state index contributed by atoms with van der Waals surface area (Å²) in [5.74, 6) is 1.98. The average Bonchev–Trinajstić information content (AvgIpc) is 2.85. The van der Waals surface area contributed by atoms with Crippen molar-refractivity contribution >= 4 is 30.1 Å². The van der Waals surface area contributed by atoms with E-state index in [9.17, 15) is 4.79 Å². The van der Waals surface area contributed by atoms with Gasteiger partial charge in [0.15, 0.2) is 5.78 Å². The second-order valence-electron chi connectivity index (χ2n) is 7.42. The Morgan fingerprint density at radius 2 is 1.27 bits per heavy atom. The number of allylic oxidation sites excluding steroid dienone is 2. The van der Waals surface area contributed by atoms with Crippen molar-refractivity contribution in [2.45, 2.75) is 6.92 Å². The lowest BCUT2D eigenvalue weighted by Gasteiger charge is -2.11. The van der Waals surface area contributed by atoms with Crippen molar-refractivity contribution in [3.63, 3.8) is 0 Å². The van der Waals surface area contributed by atoms with Crippen LogP contribution in [0.25, 0.3) is 24.3 Å². The van der Waals surface area contributed by atoms with Gasteiger partial charge in [-0.2, -0.15) is 0 Å². The van der Waals surface area contributed by atoms with Gasteiger partial charge in [-0.15, -0.1) is 0 Å². The number of hydrogen-bond acceptors (Lipinski definition) is 4. The zero-order valence-corrected chi connectivity index (χ0v) is 19.4. The van der Waals surface area contributed by atoms with E-state index >= 15 is 0 Å². The van der Waals surface area contributed by atoms with Gasteiger partial charge in [0.25, 0.3) is 0 Å². The Bertz CT molecular complexity index is 1170. The van der Waals surface area contributed by atoms with Gasteiger partial charge in [0, 0.05) is 11.6 Å². The Labute approximate surface area is 195 Å². The maximum absolute atomic E-state index is 12.5. The van der Waals surface area contributed by atoms with E-state index in [1.807, 2.05) is 79.7 Å². The fourth-order valence-corrected chi connectivity index (χ4v) is 3.20. The molecule has 0 bridgehead atoms. The summed E-state index contributed by atoms with van der Waals surface area (Å²) in [5.41, 5.74) is 4.84. The molecule has 0 saturated carbocycles. The topological polar surface area (TPSA) is 44.8 Å². The third-order valence-corrected chi connectivity index (χ3v) is 5.11. The van der Waals surface area contributed by atoms with E-state index in [0.29, 0.717) is 11.5 Å². The summed E-state index contributed by atoms with van der Waals surface area (Å²) in [7, 11) is 4.85. The average molecular weight is 441 g/mol. The maximum atomic E-state index is 12.5. The molecule has 3 aromatic rings. The van der Waals surface area contributed by atoms with Gasteiger partial charge in [-0.3, -0.25) is 4.79 Å². The molecule has 168 valence electrons. The molecule has 0 saturated heterocycles. The number of methoxy groups -OCH3 is 3. The van der Waals surface area contributed by atoms with Crippen molar-refractivity contribution < 1.29 is 19.0 Å². The van der Waals surface area contributed by atoms with Crippen molar-refractivity contribution in [2.24, 2.45) is 0 Å². The van der Waals surface area contributed by atoms with Crippen LogP contribution in [0.5, 0.6) is 17.2 Å². The van der Waals surface area contributed by atoms with Crippen LogP contribution in [0.15, 0.2) is 72.8 Å². The van der Waals surface area contributed by atoms with Crippen LogP contribution >= 0.6 is 0 Å². The molecule has 4 nitrogen and oxygen atoms in total. The van der Waals surface area contributed by atoms with Crippen LogP contribution in [0.1, 0.15) is 27.8 Å². The first-order valence-corrected chi connectivity index (χ1v) is 10.6. The van der Waals surface area contributed by atoms with E-state index < -0.39 is 0 Å². The lowest BCUT2D eigenvalue weighted by atomic mass is 10.0. The highest BCUT2D eigenvalue weighted by Crippen LogP contribution is 2.31. The molecular weight excluding hydrogens is 412 g/mol. The number of benzene rings is 3. The van der Waals surface area contributed by atoms with Crippen LogP contribution in [-0.2, 0) is 4.79 Å². The predicted octanol–water partition coefficient (Wildman–Crippen LogP) is 6.49. The van der Waals surface area contributed by atoms with E-state index in [0.717, 1.165) is 28.0 Å². The van der Waals surface area contributed by atoms with Gasteiger partial charge in [-0.1, -0.05) is 60.2 Å². The van der Waals surface area contributed by atoms with Crippen molar-refractivity contribution in [3.8, 4) is 17.2 Å². The molecule has 0 aliphatic rings. The Morgan fingerprint density at radius 3 is 1.91 bits per heavy atom. The van der Waals surface area contributed by atoms with E-state index in [-0.39, 0.29) is 5.78 Å². The minimum atomic E-state index is -0.112. The number of aryl methyl sites for hydroxylation is 1. The quantitative estimate of drug-likeness (QED) is 0.282. The molecule has 33 heavy (non-hydrogen) atoms. The number of hydrogen-bond donors (Lipinski definition) is 0. The summed E-state index contributed by atoms with van der Waals surface area (Å²) < 4.78 is 16.2. The highest BCUT2D eigenvalue weighted by Gasteiger charge is 2.09. The fourth-order valence-electron chi connectivity index (χ4n) is 3.20. The molecule has 0 radical (unpaired) electrons. The summed E-state index contributed by atoms with van der Waals surface area (Å²) >= 11 is 0. The Balaban J connectivity index is 1.87. The first-order chi connectivity index (χ1) is 16.0. The highest BCUT2D eigenvalue weighted by atomic mass is 16.5. The number of rotatable bonds is 9. The van der Waals surface area contributed by atoms with Crippen LogP contribution < -0.4 is 14.2 Å². The zero-order chi connectivity index (χ0) is 23.6. The minimum Gasteiger partial charge on any atom is -0.497 e. The number of ether oxygens (including phenoxy) is 3. The molecule has 0 aromatic heterocycles. The molecule has 0 aliphatic carbocycles. The molecule has 3 aromatic carbocycles. The normalized spacial score (nSPS) is 11.4. The number of carbonyl (C=O) groups excluding carboxylic acids is 1. The highest BCUT2D eigenvalue weighted by molar-refractivity contribution is 6.05. The molecule has 0 spiro atoms. The standard InChI is InChI=1S/C29H28O4/c1-21-5-7-22(8-6-21)10-14-25(30)15-18-28-24(19-27(32-3)20-29(28)33-4)13-9-23-11-16-26(31-2)17-12-23/h5-20H,1-4H3/b13-9+,14-10+,18-15+. The first kappa shape index (κ1) is 23.6. The molecule has 0 amide bonds. The van der Waals surface area contributed by atoms with Gasteiger partial charge >= 0.3 is 0 Å². The largest absolute Gasteiger partial charge is 0.497 e. The summed E-state index contributed by atoms with van der Waals surface area (Å²) in [6.45, 7) is 2.03. The molecule has 0 atom stereocenters. The third kappa shape index (κ3) is 6.71. The maximum Gasteiger partial charge on any atom is 0.178 e. The van der Waals surface area contributed by atoms with E-state index in [2.05, 4.69) is 0 Å². The summed E-state index contributed by atoms with van der Waals surface area (Å²) in [6, 6.07) is 19.5. The Kier molecular flexibility index (Phi) is 8.25. The Hall–Kier alpha value is -4.05. The third-order valence-electron chi connectivity index (χ3n) is 5.11. The predicted molar refractivity (Wildman–Crippen MR) is 136 cm³/mol. The lowest BCUT2D eigenvalue weighted by Crippen LogP contribution is -1.94. The van der Waals surface area contributed by atoms with Crippen LogP contribution in [0.2, 0.25) is 0 Å². The van der Waals surface area contributed by atoms with Crippen molar-refractivity contribution in [1.82, 2.24) is 0 Å². The molecule has 0 unspecified atom stereocenters. The molecule has 0 aliphatic heterocycles.